The third-order valence-corrected chi connectivity index (χ3v) is 5.62. The Kier molecular flexibility index (Phi) is 22.9. The zero-order valence-electron chi connectivity index (χ0n) is 20.5. The summed E-state index contributed by atoms with van der Waals surface area (Å²) < 4.78 is 10.0. The molecular weight excluding hydrogens is 408 g/mol. The van der Waals surface area contributed by atoms with Crippen LogP contribution in [0.25, 0.3) is 0 Å². The van der Waals surface area contributed by atoms with Crippen molar-refractivity contribution in [3.63, 3.8) is 0 Å². The van der Waals surface area contributed by atoms with Gasteiger partial charge < -0.3 is 14.6 Å². The summed E-state index contributed by atoms with van der Waals surface area (Å²) in [6, 6.07) is 0. The molecule has 1 N–H and O–H groups in total. The van der Waals surface area contributed by atoms with E-state index in [2.05, 4.69) is 6.92 Å². The van der Waals surface area contributed by atoms with Crippen molar-refractivity contribution < 1.29 is 29.0 Å². The molecule has 0 saturated carbocycles. The van der Waals surface area contributed by atoms with Gasteiger partial charge in [0.25, 0.3) is 0 Å². The Hall–Kier alpha value is -1.59. The number of carboxylic acid groups (broad SMARTS) is 1. The molecule has 0 aromatic carbocycles. The maximum absolute atomic E-state index is 11.7. The maximum atomic E-state index is 11.7. The Morgan fingerprint density at radius 2 is 0.812 bits per heavy atom. The summed E-state index contributed by atoms with van der Waals surface area (Å²) in [5.74, 6) is -1.48. The van der Waals surface area contributed by atoms with Crippen LogP contribution in [0.4, 0.5) is 0 Å². The number of aliphatic carboxylic acids is 1. The van der Waals surface area contributed by atoms with Crippen molar-refractivity contribution in [2.45, 2.75) is 135 Å². The van der Waals surface area contributed by atoms with Gasteiger partial charge in [-0.05, 0) is 19.3 Å². The van der Waals surface area contributed by atoms with Crippen LogP contribution in [0.1, 0.15) is 135 Å². The third-order valence-electron chi connectivity index (χ3n) is 5.62. The van der Waals surface area contributed by atoms with Crippen LogP contribution < -0.4 is 0 Å². The van der Waals surface area contributed by atoms with Gasteiger partial charge in [-0.15, -0.1) is 0 Å². The maximum Gasteiger partial charge on any atom is 0.305 e. The second kappa shape index (κ2) is 24.1. The predicted molar refractivity (Wildman–Crippen MR) is 128 cm³/mol. The predicted octanol–water partition coefficient (Wildman–Crippen LogP) is 6.98. The molecule has 0 atom stereocenters. The van der Waals surface area contributed by atoms with Gasteiger partial charge in [0.2, 0.25) is 0 Å². The smallest absolute Gasteiger partial charge is 0.305 e. The zero-order chi connectivity index (χ0) is 23.7. The van der Waals surface area contributed by atoms with Gasteiger partial charge >= 0.3 is 17.9 Å². The van der Waals surface area contributed by atoms with Gasteiger partial charge in [-0.25, -0.2) is 0 Å². The second-order valence-corrected chi connectivity index (χ2v) is 8.74. The summed E-state index contributed by atoms with van der Waals surface area (Å²) in [5.41, 5.74) is 0. The Labute approximate surface area is 195 Å². The molecule has 0 unspecified atom stereocenters. The van der Waals surface area contributed by atoms with E-state index in [9.17, 15) is 14.4 Å². The average molecular weight is 457 g/mol. The van der Waals surface area contributed by atoms with Gasteiger partial charge in [0.1, 0.15) is 13.2 Å². The lowest BCUT2D eigenvalue weighted by Crippen LogP contribution is -2.13. The number of rotatable bonds is 24. The van der Waals surface area contributed by atoms with E-state index in [4.69, 9.17) is 14.6 Å². The molecule has 0 heterocycles. The van der Waals surface area contributed by atoms with Crippen LogP contribution >= 0.6 is 0 Å². The fraction of sp³-hybridized carbons (Fsp3) is 0.885. The average Bonchev–Trinajstić information content (AvgIpc) is 2.77. The minimum absolute atomic E-state index is 0.0579. The van der Waals surface area contributed by atoms with Gasteiger partial charge in [-0.1, -0.05) is 96.8 Å². The van der Waals surface area contributed by atoms with Crippen LogP contribution in [-0.4, -0.2) is 36.2 Å². The van der Waals surface area contributed by atoms with Crippen molar-refractivity contribution in [3.05, 3.63) is 0 Å². The molecule has 6 heteroatoms. The fourth-order valence-electron chi connectivity index (χ4n) is 3.64. The lowest BCUT2D eigenvalue weighted by molar-refractivity contribution is -0.152. The van der Waals surface area contributed by atoms with Gasteiger partial charge in [-0.2, -0.15) is 0 Å². The van der Waals surface area contributed by atoms with E-state index < -0.39 is 5.97 Å². The van der Waals surface area contributed by atoms with E-state index in [1.54, 1.807) is 0 Å². The molecule has 188 valence electrons. The molecule has 0 fully saturated rings. The number of carboxylic acids is 1. The zero-order valence-corrected chi connectivity index (χ0v) is 20.5. The molecule has 0 aromatic heterocycles. The highest BCUT2D eigenvalue weighted by Crippen LogP contribution is 2.13. The van der Waals surface area contributed by atoms with Crippen LogP contribution in [0, 0.1) is 0 Å². The minimum Gasteiger partial charge on any atom is -0.481 e. The Morgan fingerprint density at radius 3 is 1.19 bits per heavy atom. The molecule has 0 rings (SSSR count). The number of carbonyl (C=O) groups is 3. The standard InChI is InChI=1S/C26H48O6/c1-2-3-4-5-6-7-8-9-10-11-12-13-14-15-16-20-25(29)31-22-23-32-26(30)21-18-17-19-24(27)28/h2-23H2,1H3,(H,27,28). The number of hydrogen-bond acceptors (Lipinski definition) is 5. The van der Waals surface area contributed by atoms with E-state index in [-0.39, 0.29) is 38.0 Å². The Balaban J connectivity index is 3.26. The second-order valence-electron chi connectivity index (χ2n) is 8.74. The van der Waals surface area contributed by atoms with E-state index in [0.29, 0.717) is 19.3 Å². The Morgan fingerprint density at radius 1 is 0.500 bits per heavy atom. The third kappa shape index (κ3) is 24.7. The van der Waals surface area contributed by atoms with Crippen molar-refractivity contribution in [2.24, 2.45) is 0 Å². The van der Waals surface area contributed by atoms with E-state index >= 15 is 0 Å². The topological polar surface area (TPSA) is 89.9 Å². The molecular formula is C26H48O6. The number of hydrogen-bond donors (Lipinski definition) is 1. The van der Waals surface area contributed by atoms with E-state index in [1.165, 1.54) is 83.5 Å². The first kappa shape index (κ1) is 30.4. The van der Waals surface area contributed by atoms with Crippen molar-refractivity contribution in [3.8, 4) is 0 Å². The monoisotopic (exact) mass is 456 g/mol. The summed E-state index contributed by atoms with van der Waals surface area (Å²) in [6.45, 7) is 2.40. The van der Waals surface area contributed by atoms with Crippen LogP contribution in [0.5, 0.6) is 0 Å². The molecule has 0 aliphatic rings. The molecule has 0 radical (unpaired) electrons. The molecule has 32 heavy (non-hydrogen) atoms. The lowest BCUT2D eigenvalue weighted by atomic mass is 10.0. The summed E-state index contributed by atoms with van der Waals surface area (Å²) in [7, 11) is 0. The summed E-state index contributed by atoms with van der Waals surface area (Å²) in [5, 5.41) is 8.52. The van der Waals surface area contributed by atoms with Crippen molar-refractivity contribution in [1.29, 1.82) is 0 Å². The van der Waals surface area contributed by atoms with Crippen molar-refractivity contribution >= 4 is 17.9 Å². The quantitative estimate of drug-likeness (QED) is 0.124. The molecule has 6 nitrogen and oxygen atoms in total. The van der Waals surface area contributed by atoms with E-state index in [0.717, 1.165) is 12.8 Å². The van der Waals surface area contributed by atoms with Crippen LogP contribution in [0.2, 0.25) is 0 Å². The molecule has 0 amide bonds. The first-order valence-electron chi connectivity index (χ1n) is 13.1. The molecule has 0 bridgehead atoms. The largest absolute Gasteiger partial charge is 0.481 e. The summed E-state index contributed by atoms with van der Waals surface area (Å²) in [6.07, 6.45) is 21.0. The minimum atomic E-state index is -0.862. The summed E-state index contributed by atoms with van der Waals surface area (Å²) >= 11 is 0. The fourth-order valence-corrected chi connectivity index (χ4v) is 3.64. The SMILES string of the molecule is CCCCCCCCCCCCCCCCCC(=O)OCCOC(=O)CCCCC(=O)O. The molecule has 0 aromatic rings. The highest BCUT2D eigenvalue weighted by Gasteiger charge is 2.06. The van der Waals surface area contributed by atoms with Crippen molar-refractivity contribution in [2.75, 3.05) is 13.2 Å². The van der Waals surface area contributed by atoms with Gasteiger partial charge in [0.15, 0.2) is 0 Å². The summed E-state index contributed by atoms with van der Waals surface area (Å²) in [4.78, 5) is 33.5. The number of carbonyl (C=O) groups excluding carboxylic acids is 2. The normalized spacial score (nSPS) is 10.8. The van der Waals surface area contributed by atoms with Gasteiger partial charge in [0, 0.05) is 19.3 Å². The first-order valence-corrected chi connectivity index (χ1v) is 13.1. The number of unbranched alkanes of at least 4 members (excludes halogenated alkanes) is 15. The van der Waals surface area contributed by atoms with Gasteiger partial charge in [-0.3, -0.25) is 14.4 Å². The molecule has 0 spiro atoms. The highest BCUT2D eigenvalue weighted by atomic mass is 16.6. The van der Waals surface area contributed by atoms with Crippen molar-refractivity contribution in [1.82, 2.24) is 0 Å². The molecule has 0 saturated heterocycles. The first-order chi connectivity index (χ1) is 15.6. The van der Waals surface area contributed by atoms with Crippen LogP contribution in [-0.2, 0) is 23.9 Å². The highest BCUT2D eigenvalue weighted by molar-refractivity contribution is 5.70. The molecule has 0 aliphatic carbocycles. The lowest BCUT2D eigenvalue weighted by Gasteiger charge is -2.06. The van der Waals surface area contributed by atoms with Gasteiger partial charge in [0.05, 0.1) is 0 Å². The number of esters is 2. The van der Waals surface area contributed by atoms with E-state index in [1.807, 2.05) is 0 Å². The molecule has 0 aliphatic heterocycles. The number of ether oxygens (including phenoxy) is 2. The Bertz CT molecular complexity index is 463. The van der Waals surface area contributed by atoms with Crippen LogP contribution in [0.3, 0.4) is 0 Å². The van der Waals surface area contributed by atoms with Crippen LogP contribution in [0.15, 0.2) is 0 Å².